The van der Waals surface area contributed by atoms with E-state index in [4.69, 9.17) is 16.3 Å². The van der Waals surface area contributed by atoms with E-state index in [9.17, 15) is 8.42 Å². The molecule has 0 heterocycles. The summed E-state index contributed by atoms with van der Waals surface area (Å²) in [6.45, 7) is 3.72. The molecule has 1 N–H and O–H groups in total. The van der Waals surface area contributed by atoms with Gasteiger partial charge >= 0.3 is 0 Å². The molecule has 0 aromatic heterocycles. The second kappa shape index (κ2) is 7.55. The van der Waals surface area contributed by atoms with Crippen LogP contribution in [0.1, 0.15) is 19.8 Å². The Balaban J connectivity index is 3.26. The number of ether oxygens (including phenoxy) is 1. The number of rotatable bonds is 8. The molecule has 0 amide bonds. The monoisotopic (exact) mass is 229 g/mol. The van der Waals surface area contributed by atoms with Gasteiger partial charge in [-0.3, -0.25) is 0 Å². The molecular formula is C7H16ClNO3S. The fraction of sp³-hybridized carbons (Fsp3) is 1.00. The van der Waals surface area contributed by atoms with Gasteiger partial charge in [-0.15, -0.1) is 11.6 Å². The molecule has 0 aromatic carbocycles. The highest BCUT2D eigenvalue weighted by Gasteiger charge is 2.05. The molecule has 0 unspecified atom stereocenters. The van der Waals surface area contributed by atoms with Gasteiger partial charge < -0.3 is 4.74 Å². The van der Waals surface area contributed by atoms with E-state index in [0.717, 1.165) is 13.0 Å². The lowest BCUT2D eigenvalue weighted by Gasteiger charge is -2.03. The summed E-state index contributed by atoms with van der Waals surface area (Å²) in [4.78, 5) is 0. The maximum absolute atomic E-state index is 10.8. The van der Waals surface area contributed by atoms with Crippen LogP contribution in [-0.2, 0) is 14.8 Å². The van der Waals surface area contributed by atoms with Gasteiger partial charge in [0.25, 0.3) is 0 Å². The largest absolute Gasteiger partial charge is 0.381 e. The Labute approximate surface area is 84.7 Å². The van der Waals surface area contributed by atoms with Gasteiger partial charge in [0.05, 0.1) is 0 Å². The Morgan fingerprint density at radius 1 is 1.38 bits per heavy atom. The molecule has 0 atom stereocenters. The summed E-state index contributed by atoms with van der Waals surface area (Å²) in [5.74, 6) is 0. The summed E-state index contributed by atoms with van der Waals surface area (Å²) in [7, 11) is -3.25. The van der Waals surface area contributed by atoms with Crippen molar-refractivity contribution in [3.05, 3.63) is 0 Å². The number of hydrogen-bond donors (Lipinski definition) is 1. The van der Waals surface area contributed by atoms with E-state index in [2.05, 4.69) is 4.72 Å². The molecule has 0 aliphatic carbocycles. The average Bonchev–Trinajstić information content (AvgIpc) is 2.11. The SMILES string of the molecule is CCCOCCCNS(=O)(=O)CCl. The lowest BCUT2D eigenvalue weighted by atomic mass is 10.4. The molecule has 0 aliphatic rings. The molecule has 0 rings (SSSR count). The Kier molecular flexibility index (Phi) is 7.65. The molecule has 0 aromatic rings. The van der Waals surface area contributed by atoms with Gasteiger partial charge in [-0.1, -0.05) is 6.92 Å². The molecule has 0 saturated heterocycles. The third kappa shape index (κ3) is 8.49. The van der Waals surface area contributed by atoms with Gasteiger partial charge in [-0.25, -0.2) is 13.1 Å². The Morgan fingerprint density at radius 3 is 2.62 bits per heavy atom. The van der Waals surface area contributed by atoms with Crippen molar-refractivity contribution in [3.63, 3.8) is 0 Å². The molecule has 0 radical (unpaired) electrons. The van der Waals surface area contributed by atoms with E-state index >= 15 is 0 Å². The molecule has 13 heavy (non-hydrogen) atoms. The highest BCUT2D eigenvalue weighted by atomic mass is 35.5. The summed E-state index contributed by atoms with van der Waals surface area (Å²) >= 11 is 5.17. The molecule has 0 bridgehead atoms. The van der Waals surface area contributed by atoms with E-state index in [1.807, 2.05) is 6.92 Å². The smallest absolute Gasteiger partial charge is 0.225 e. The van der Waals surface area contributed by atoms with E-state index < -0.39 is 10.0 Å². The molecule has 6 heteroatoms. The third-order valence-electron chi connectivity index (χ3n) is 1.28. The van der Waals surface area contributed by atoms with Gasteiger partial charge in [0, 0.05) is 19.8 Å². The first-order valence-electron chi connectivity index (χ1n) is 4.23. The van der Waals surface area contributed by atoms with Gasteiger partial charge in [0.1, 0.15) is 5.21 Å². The van der Waals surface area contributed by atoms with Gasteiger partial charge in [0.2, 0.25) is 10.0 Å². The molecular weight excluding hydrogens is 214 g/mol. The fourth-order valence-electron chi connectivity index (χ4n) is 0.687. The minimum atomic E-state index is -3.25. The Morgan fingerprint density at radius 2 is 2.08 bits per heavy atom. The first kappa shape index (κ1) is 13.2. The second-order valence-corrected chi connectivity index (χ2v) is 4.98. The number of alkyl halides is 1. The highest BCUT2D eigenvalue weighted by Crippen LogP contribution is 1.89. The molecule has 4 nitrogen and oxygen atoms in total. The van der Waals surface area contributed by atoms with Gasteiger partial charge in [-0.2, -0.15) is 0 Å². The zero-order valence-corrected chi connectivity index (χ0v) is 9.33. The molecule has 0 saturated carbocycles. The normalized spacial score (nSPS) is 11.8. The van der Waals surface area contributed by atoms with Crippen molar-refractivity contribution in [2.75, 3.05) is 25.0 Å². The molecule has 80 valence electrons. The lowest BCUT2D eigenvalue weighted by Crippen LogP contribution is -2.26. The number of hydrogen-bond acceptors (Lipinski definition) is 3. The van der Waals surface area contributed by atoms with E-state index in [0.29, 0.717) is 19.6 Å². The maximum atomic E-state index is 10.8. The van der Waals surface area contributed by atoms with Crippen LogP contribution in [0.15, 0.2) is 0 Å². The predicted molar refractivity (Wildman–Crippen MR) is 53.4 cm³/mol. The topological polar surface area (TPSA) is 55.4 Å². The van der Waals surface area contributed by atoms with Crippen LogP contribution in [0.3, 0.4) is 0 Å². The second-order valence-electron chi connectivity index (χ2n) is 2.58. The zero-order chi connectivity index (χ0) is 10.2. The fourth-order valence-corrected chi connectivity index (χ4v) is 1.45. The van der Waals surface area contributed by atoms with Crippen molar-refractivity contribution in [1.29, 1.82) is 0 Å². The van der Waals surface area contributed by atoms with Crippen molar-refractivity contribution in [1.82, 2.24) is 4.72 Å². The predicted octanol–water partition coefficient (Wildman–Crippen LogP) is 0.919. The van der Waals surface area contributed by atoms with Crippen LogP contribution >= 0.6 is 11.6 Å². The minimum Gasteiger partial charge on any atom is -0.381 e. The highest BCUT2D eigenvalue weighted by molar-refractivity contribution is 7.90. The maximum Gasteiger partial charge on any atom is 0.225 e. The van der Waals surface area contributed by atoms with E-state index in [-0.39, 0.29) is 5.21 Å². The van der Waals surface area contributed by atoms with Crippen LogP contribution in [0.4, 0.5) is 0 Å². The zero-order valence-electron chi connectivity index (χ0n) is 7.75. The van der Waals surface area contributed by atoms with Crippen LogP contribution in [0, 0.1) is 0 Å². The first-order valence-corrected chi connectivity index (χ1v) is 6.42. The van der Waals surface area contributed by atoms with Gasteiger partial charge in [0.15, 0.2) is 0 Å². The van der Waals surface area contributed by atoms with E-state index in [1.165, 1.54) is 0 Å². The minimum absolute atomic E-state index is 0.386. The third-order valence-corrected chi connectivity index (χ3v) is 3.07. The molecule has 0 spiro atoms. The van der Waals surface area contributed by atoms with Crippen LogP contribution in [0.2, 0.25) is 0 Å². The lowest BCUT2D eigenvalue weighted by molar-refractivity contribution is 0.133. The summed E-state index contributed by atoms with van der Waals surface area (Å²) in [5, 5.41) is -0.386. The van der Waals surface area contributed by atoms with Gasteiger partial charge in [-0.05, 0) is 12.8 Å². The van der Waals surface area contributed by atoms with Crippen LogP contribution < -0.4 is 4.72 Å². The van der Waals surface area contributed by atoms with Crippen LogP contribution in [-0.4, -0.2) is 33.4 Å². The number of halogens is 1. The van der Waals surface area contributed by atoms with Crippen molar-refractivity contribution in [3.8, 4) is 0 Å². The number of sulfonamides is 1. The summed E-state index contributed by atoms with van der Waals surface area (Å²) in [6.07, 6.45) is 1.66. The van der Waals surface area contributed by atoms with Crippen LogP contribution in [0.5, 0.6) is 0 Å². The van der Waals surface area contributed by atoms with Crippen LogP contribution in [0.25, 0.3) is 0 Å². The standard InChI is InChI=1S/C7H16ClNO3S/c1-2-5-12-6-3-4-9-13(10,11)7-8/h9H,2-7H2,1H3. The van der Waals surface area contributed by atoms with Crippen molar-refractivity contribution < 1.29 is 13.2 Å². The Hall–Kier alpha value is 0.160. The van der Waals surface area contributed by atoms with Crippen molar-refractivity contribution >= 4 is 21.6 Å². The first-order chi connectivity index (χ1) is 6.12. The summed E-state index contributed by atoms with van der Waals surface area (Å²) < 4.78 is 29.1. The summed E-state index contributed by atoms with van der Waals surface area (Å²) in [5.41, 5.74) is 0. The van der Waals surface area contributed by atoms with Crippen molar-refractivity contribution in [2.45, 2.75) is 19.8 Å². The van der Waals surface area contributed by atoms with Crippen molar-refractivity contribution in [2.24, 2.45) is 0 Å². The van der Waals surface area contributed by atoms with E-state index in [1.54, 1.807) is 0 Å². The number of nitrogens with one attached hydrogen (secondary N) is 1. The Bertz CT molecular complexity index is 206. The molecule has 0 aliphatic heterocycles. The average molecular weight is 230 g/mol. The molecule has 0 fully saturated rings. The summed E-state index contributed by atoms with van der Waals surface area (Å²) in [6, 6.07) is 0. The quantitative estimate of drug-likeness (QED) is 0.498.